The molecule has 0 aliphatic heterocycles. The molecule has 0 heterocycles. The quantitative estimate of drug-likeness (QED) is 0.774. The van der Waals surface area contributed by atoms with Crippen LogP contribution in [0.1, 0.15) is 56.6 Å². The van der Waals surface area contributed by atoms with Crippen LogP contribution in [0.5, 0.6) is 0 Å². The highest BCUT2D eigenvalue weighted by Crippen LogP contribution is 2.23. The monoisotopic (exact) mass is 234 g/mol. The molecule has 0 aromatic heterocycles. The van der Waals surface area contributed by atoms with Gasteiger partial charge in [-0.3, -0.25) is 4.79 Å². The highest BCUT2D eigenvalue weighted by atomic mass is 16.4. The van der Waals surface area contributed by atoms with Crippen molar-refractivity contribution in [2.45, 2.75) is 51.9 Å². The summed E-state index contributed by atoms with van der Waals surface area (Å²) in [6.07, 6.45) is 4.64. The Kier molecular flexibility index (Phi) is 5.75. The largest absolute Gasteiger partial charge is 0.481 e. The lowest BCUT2D eigenvalue weighted by Gasteiger charge is -2.13. The van der Waals surface area contributed by atoms with Gasteiger partial charge >= 0.3 is 5.97 Å². The summed E-state index contributed by atoms with van der Waals surface area (Å²) < 4.78 is 0. The Bertz CT molecular complexity index is 340. The summed E-state index contributed by atoms with van der Waals surface area (Å²) in [6, 6.07) is 8.44. The Morgan fingerprint density at radius 2 is 1.88 bits per heavy atom. The molecule has 17 heavy (non-hydrogen) atoms. The third-order valence-electron chi connectivity index (χ3n) is 3.18. The predicted molar refractivity (Wildman–Crippen MR) is 70.3 cm³/mol. The number of rotatable bonds is 7. The van der Waals surface area contributed by atoms with Crippen molar-refractivity contribution in [1.29, 1.82) is 0 Å². The number of carboxylic acid groups (broad SMARTS) is 1. The Morgan fingerprint density at radius 3 is 2.35 bits per heavy atom. The van der Waals surface area contributed by atoms with Crippen molar-refractivity contribution in [3.05, 3.63) is 35.4 Å². The lowest BCUT2D eigenvalue weighted by atomic mass is 9.92. The van der Waals surface area contributed by atoms with Gasteiger partial charge < -0.3 is 5.11 Å². The molecule has 1 rings (SSSR count). The summed E-state index contributed by atoms with van der Waals surface area (Å²) in [7, 11) is 0. The van der Waals surface area contributed by atoms with E-state index in [0.717, 1.165) is 18.4 Å². The van der Waals surface area contributed by atoms with Crippen LogP contribution in [0.25, 0.3) is 0 Å². The maximum absolute atomic E-state index is 10.8. The molecule has 0 amide bonds. The fraction of sp³-hybridized carbons (Fsp3) is 0.533. The number of carboxylic acids is 1. The van der Waals surface area contributed by atoms with Crippen LogP contribution in [0.3, 0.4) is 0 Å². The van der Waals surface area contributed by atoms with E-state index in [4.69, 9.17) is 5.11 Å². The van der Waals surface area contributed by atoms with Gasteiger partial charge in [0.15, 0.2) is 0 Å². The maximum Gasteiger partial charge on any atom is 0.303 e. The van der Waals surface area contributed by atoms with Gasteiger partial charge in [-0.05, 0) is 36.3 Å². The van der Waals surface area contributed by atoms with Gasteiger partial charge in [0, 0.05) is 0 Å². The maximum atomic E-state index is 10.8. The topological polar surface area (TPSA) is 37.3 Å². The molecule has 0 saturated heterocycles. The Morgan fingerprint density at radius 1 is 1.24 bits per heavy atom. The standard InChI is InChI=1S/C15H22O2/c1-3-5-6-12-7-9-14(10-8-12)13(4-2)11-15(16)17/h7-10,13H,3-6,11H2,1-2H3,(H,16,17). The normalized spacial score (nSPS) is 12.4. The summed E-state index contributed by atoms with van der Waals surface area (Å²) in [6.45, 7) is 4.23. The van der Waals surface area contributed by atoms with Gasteiger partial charge in [0.2, 0.25) is 0 Å². The number of hydrogen-bond acceptors (Lipinski definition) is 1. The van der Waals surface area contributed by atoms with Crippen LogP contribution in [0.4, 0.5) is 0 Å². The molecule has 0 bridgehead atoms. The van der Waals surface area contributed by atoms with Gasteiger partial charge in [-0.1, -0.05) is 44.5 Å². The van der Waals surface area contributed by atoms with Crippen LogP contribution >= 0.6 is 0 Å². The van der Waals surface area contributed by atoms with Crippen molar-refractivity contribution in [3.8, 4) is 0 Å². The zero-order valence-electron chi connectivity index (χ0n) is 10.8. The lowest BCUT2D eigenvalue weighted by Crippen LogP contribution is -2.05. The van der Waals surface area contributed by atoms with Gasteiger partial charge in [-0.25, -0.2) is 0 Å². The van der Waals surface area contributed by atoms with Crippen molar-refractivity contribution >= 4 is 5.97 Å². The zero-order chi connectivity index (χ0) is 12.7. The number of hydrogen-bond donors (Lipinski definition) is 1. The molecule has 1 atom stereocenters. The number of aliphatic carboxylic acids is 1. The molecule has 1 unspecified atom stereocenters. The SMILES string of the molecule is CCCCc1ccc(C(CC)CC(=O)O)cc1. The van der Waals surface area contributed by atoms with Crippen LogP contribution in [0.2, 0.25) is 0 Å². The smallest absolute Gasteiger partial charge is 0.303 e. The number of carbonyl (C=O) groups is 1. The van der Waals surface area contributed by atoms with E-state index in [1.807, 2.05) is 6.92 Å². The van der Waals surface area contributed by atoms with Crippen LogP contribution in [0, 0.1) is 0 Å². The van der Waals surface area contributed by atoms with Gasteiger partial charge in [-0.2, -0.15) is 0 Å². The molecule has 94 valence electrons. The molecule has 2 heteroatoms. The molecule has 0 fully saturated rings. The molecule has 1 N–H and O–H groups in total. The zero-order valence-corrected chi connectivity index (χ0v) is 10.8. The van der Waals surface area contributed by atoms with Gasteiger partial charge in [-0.15, -0.1) is 0 Å². The summed E-state index contributed by atoms with van der Waals surface area (Å²) in [5.41, 5.74) is 2.50. The van der Waals surface area contributed by atoms with Gasteiger partial charge in [0.1, 0.15) is 0 Å². The van der Waals surface area contributed by atoms with Gasteiger partial charge in [0.25, 0.3) is 0 Å². The molecular weight excluding hydrogens is 212 g/mol. The molecule has 0 saturated carbocycles. The first-order valence-electron chi connectivity index (χ1n) is 6.48. The molecule has 0 aliphatic rings. The second kappa shape index (κ2) is 7.10. The van der Waals surface area contributed by atoms with E-state index in [1.54, 1.807) is 0 Å². The number of unbranched alkanes of at least 4 members (excludes halogenated alkanes) is 1. The summed E-state index contributed by atoms with van der Waals surface area (Å²) in [5, 5.41) is 8.85. The van der Waals surface area contributed by atoms with Crippen LogP contribution < -0.4 is 0 Å². The average Bonchev–Trinajstić information content (AvgIpc) is 2.34. The van der Waals surface area contributed by atoms with Crippen molar-refractivity contribution in [2.24, 2.45) is 0 Å². The second-order valence-electron chi connectivity index (χ2n) is 4.55. The first-order valence-corrected chi connectivity index (χ1v) is 6.48. The third kappa shape index (κ3) is 4.59. The summed E-state index contributed by atoms with van der Waals surface area (Å²) in [4.78, 5) is 10.8. The minimum Gasteiger partial charge on any atom is -0.481 e. The first-order chi connectivity index (χ1) is 8.17. The van der Waals surface area contributed by atoms with E-state index < -0.39 is 5.97 Å². The van der Waals surface area contributed by atoms with E-state index in [9.17, 15) is 4.79 Å². The Hall–Kier alpha value is -1.31. The first kappa shape index (κ1) is 13.8. The minimum absolute atomic E-state index is 0.146. The Balaban J connectivity index is 2.67. The van der Waals surface area contributed by atoms with Crippen molar-refractivity contribution < 1.29 is 9.90 Å². The fourth-order valence-electron chi connectivity index (χ4n) is 2.05. The average molecular weight is 234 g/mol. The molecule has 2 nitrogen and oxygen atoms in total. The minimum atomic E-state index is -0.716. The van der Waals surface area contributed by atoms with Crippen molar-refractivity contribution in [3.63, 3.8) is 0 Å². The summed E-state index contributed by atoms with van der Waals surface area (Å²) >= 11 is 0. The van der Waals surface area contributed by atoms with Gasteiger partial charge in [0.05, 0.1) is 6.42 Å². The Labute approximate surface area is 104 Å². The second-order valence-corrected chi connectivity index (χ2v) is 4.55. The predicted octanol–water partition coefficient (Wildman–Crippen LogP) is 4.00. The molecule has 0 radical (unpaired) electrons. The number of aryl methyl sites for hydroxylation is 1. The van der Waals surface area contributed by atoms with Crippen LogP contribution in [-0.4, -0.2) is 11.1 Å². The highest BCUT2D eigenvalue weighted by molar-refractivity contribution is 5.68. The van der Waals surface area contributed by atoms with Crippen LogP contribution in [-0.2, 0) is 11.2 Å². The molecule has 1 aromatic rings. The molecule has 1 aromatic carbocycles. The lowest BCUT2D eigenvalue weighted by molar-refractivity contribution is -0.137. The summed E-state index contributed by atoms with van der Waals surface area (Å²) in [5.74, 6) is -0.570. The van der Waals surface area contributed by atoms with E-state index in [-0.39, 0.29) is 12.3 Å². The van der Waals surface area contributed by atoms with E-state index in [1.165, 1.54) is 18.4 Å². The van der Waals surface area contributed by atoms with E-state index >= 15 is 0 Å². The van der Waals surface area contributed by atoms with Crippen molar-refractivity contribution in [1.82, 2.24) is 0 Å². The molecule has 0 spiro atoms. The highest BCUT2D eigenvalue weighted by Gasteiger charge is 2.13. The van der Waals surface area contributed by atoms with Crippen LogP contribution in [0.15, 0.2) is 24.3 Å². The van der Waals surface area contributed by atoms with E-state index in [2.05, 4.69) is 31.2 Å². The third-order valence-corrected chi connectivity index (χ3v) is 3.18. The van der Waals surface area contributed by atoms with Crippen molar-refractivity contribution in [2.75, 3.05) is 0 Å². The molecule has 0 aliphatic carbocycles. The van der Waals surface area contributed by atoms with E-state index in [0.29, 0.717) is 0 Å². The molecular formula is C15H22O2. The number of benzene rings is 1. The fourth-order valence-corrected chi connectivity index (χ4v) is 2.05.